The highest BCUT2D eigenvalue weighted by Gasteiger charge is 2.04. The zero-order chi connectivity index (χ0) is 8.97. The minimum Gasteiger partial charge on any atom is -0.323 e. The van der Waals surface area contributed by atoms with Gasteiger partial charge in [0.2, 0.25) is 0 Å². The molecule has 1 aromatic rings. The van der Waals surface area contributed by atoms with Crippen LogP contribution in [0.5, 0.6) is 0 Å². The summed E-state index contributed by atoms with van der Waals surface area (Å²) in [5, 5.41) is 8.34. The van der Waals surface area contributed by atoms with Crippen LogP contribution in [0.2, 0.25) is 0 Å². The van der Waals surface area contributed by atoms with Crippen LogP contribution in [-0.4, -0.2) is 0 Å². The van der Waals surface area contributed by atoms with Gasteiger partial charge in [-0.2, -0.15) is 5.26 Å². The predicted molar refractivity (Wildman–Crippen MR) is 50.8 cm³/mol. The monoisotopic (exact) mass is 200 g/mol. The van der Waals surface area contributed by atoms with E-state index in [1.165, 1.54) is 12.1 Å². The lowest BCUT2D eigenvalue weighted by Gasteiger charge is -2.06. The van der Waals surface area contributed by atoms with Crippen molar-refractivity contribution in [3.05, 3.63) is 35.6 Å². The van der Waals surface area contributed by atoms with Gasteiger partial charge in [0.1, 0.15) is 5.82 Å². The maximum atomic E-state index is 12.6. The van der Waals surface area contributed by atoms with Crippen molar-refractivity contribution in [1.29, 1.82) is 5.26 Å². The number of rotatable bonds is 2. The van der Waals surface area contributed by atoms with Gasteiger partial charge in [0.25, 0.3) is 0 Å². The molecule has 0 saturated heterocycles. The Kier molecular flexibility index (Phi) is 5.05. The van der Waals surface area contributed by atoms with E-state index in [-0.39, 0.29) is 30.7 Å². The second-order valence-corrected chi connectivity index (χ2v) is 2.52. The van der Waals surface area contributed by atoms with E-state index in [0.717, 1.165) is 0 Å². The molecular weight excluding hydrogens is 191 g/mol. The summed E-state index contributed by atoms with van der Waals surface area (Å²) in [6, 6.07) is 7.55. The van der Waals surface area contributed by atoms with Gasteiger partial charge in [0, 0.05) is 6.04 Å². The number of halogens is 2. The SMILES string of the molecule is Cl.N#CC[C@@H](N)c1cccc(F)c1. The van der Waals surface area contributed by atoms with Crippen molar-refractivity contribution in [3.63, 3.8) is 0 Å². The zero-order valence-corrected chi connectivity index (χ0v) is 7.72. The van der Waals surface area contributed by atoms with E-state index in [4.69, 9.17) is 11.0 Å². The fourth-order valence-electron chi connectivity index (χ4n) is 0.953. The van der Waals surface area contributed by atoms with Crippen LogP contribution in [0.25, 0.3) is 0 Å². The van der Waals surface area contributed by atoms with E-state index in [9.17, 15) is 4.39 Å². The minimum atomic E-state index is -0.384. The van der Waals surface area contributed by atoms with E-state index in [0.29, 0.717) is 5.56 Å². The summed E-state index contributed by atoms with van der Waals surface area (Å²) in [5.41, 5.74) is 6.25. The van der Waals surface area contributed by atoms with Crippen molar-refractivity contribution in [3.8, 4) is 6.07 Å². The van der Waals surface area contributed by atoms with Crippen LogP contribution in [0.3, 0.4) is 0 Å². The molecule has 2 nitrogen and oxygen atoms in total. The molecule has 0 fully saturated rings. The molecule has 0 bridgehead atoms. The summed E-state index contributed by atoms with van der Waals surface area (Å²) in [6.45, 7) is 0. The van der Waals surface area contributed by atoms with Gasteiger partial charge >= 0.3 is 0 Å². The normalized spacial score (nSPS) is 11.2. The van der Waals surface area contributed by atoms with E-state index < -0.39 is 0 Å². The average molecular weight is 201 g/mol. The van der Waals surface area contributed by atoms with Gasteiger partial charge in [-0.1, -0.05) is 12.1 Å². The first-order valence-electron chi connectivity index (χ1n) is 3.62. The molecule has 1 atom stereocenters. The van der Waals surface area contributed by atoms with E-state index in [1.807, 2.05) is 6.07 Å². The number of hydrogen-bond acceptors (Lipinski definition) is 2. The Morgan fingerprint density at radius 3 is 2.77 bits per heavy atom. The lowest BCUT2D eigenvalue weighted by molar-refractivity contribution is 0.620. The van der Waals surface area contributed by atoms with Gasteiger partial charge in [0.15, 0.2) is 0 Å². The summed E-state index contributed by atoms with van der Waals surface area (Å²) < 4.78 is 12.6. The lowest BCUT2D eigenvalue weighted by atomic mass is 10.1. The Morgan fingerprint density at radius 1 is 1.54 bits per heavy atom. The first-order valence-corrected chi connectivity index (χ1v) is 3.62. The van der Waals surface area contributed by atoms with E-state index in [1.54, 1.807) is 12.1 Å². The molecule has 0 spiro atoms. The lowest BCUT2D eigenvalue weighted by Crippen LogP contribution is -2.09. The predicted octanol–water partition coefficient (Wildman–Crippen LogP) is 2.16. The standard InChI is InChI=1S/C9H9FN2.ClH/c10-8-3-1-2-7(6-8)9(12)4-5-11;/h1-3,6,9H,4,12H2;1H/t9-;/m1./s1. The maximum absolute atomic E-state index is 12.6. The number of hydrogen-bond donors (Lipinski definition) is 1. The summed E-state index contributed by atoms with van der Waals surface area (Å²) in [5.74, 6) is -0.319. The molecule has 0 amide bonds. The van der Waals surface area contributed by atoms with Crippen LogP contribution in [0, 0.1) is 17.1 Å². The molecule has 0 heterocycles. The summed E-state index contributed by atoms with van der Waals surface area (Å²) >= 11 is 0. The molecule has 0 unspecified atom stereocenters. The van der Waals surface area contributed by atoms with Crippen molar-refractivity contribution in [2.45, 2.75) is 12.5 Å². The maximum Gasteiger partial charge on any atom is 0.123 e. The van der Waals surface area contributed by atoms with Crippen molar-refractivity contribution in [2.24, 2.45) is 5.73 Å². The molecule has 0 radical (unpaired) electrons. The summed E-state index contributed by atoms with van der Waals surface area (Å²) in [6.07, 6.45) is 0.212. The molecule has 1 rings (SSSR count). The van der Waals surface area contributed by atoms with Crippen molar-refractivity contribution >= 4 is 12.4 Å². The molecule has 4 heteroatoms. The minimum absolute atomic E-state index is 0. The zero-order valence-electron chi connectivity index (χ0n) is 6.90. The molecule has 70 valence electrons. The fraction of sp³-hybridized carbons (Fsp3) is 0.222. The number of nitrogens with zero attached hydrogens (tertiary/aromatic N) is 1. The molecule has 1 aromatic carbocycles. The van der Waals surface area contributed by atoms with Crippen molar-refractivity contribution in [2.75, 3.05) is 0 Å². The van der Waals surface area contributed by atoms with Crippen LogP contribution >= 0.6 is 12.4 Å². The molecule has 2 N–H and O–H groups in total. The molecule has 0 saturated carbocycles. The van der Waals surface area contributed by atoms with Gasteiger partial charge in [-0.3, -0.25) is 0 Å². The highest BCUT2D eigenvalue weighted by atomic mass is 35.5. The van der Waals surface area contributed by atoms with Crippen molar-refractivity contribution < 1.29 is 4.39 Å². The second-order valence-electron chi connectivity index (χ2n) is 2.52. The van der Waals surface area contributed by atoms with Gasteiger partial charge in [0.05, 0.1) is 12.5 Å². The molecule has 0 aliphatic rings. The van der Waals surface area contributed by atoms with E-state index in [2.05, 4.69) is 0 Å². The van der Waals surface area contributed by atoms with Crippen LogP contribution in [0.1, 0.15) is 18.0 Å². The smallest absolute Gasteiger partial charge is 0.123 e. The first kappa shape index (κ1) is 11.9. The Balaban J connectivity index is 0.00000144. The fourth-order valence-corrected chi connectivity index (χ4v) is 0.953. The molecule has 0 aliphatic carbocycles. The first-order chi connectivity index (χ1) is 5.74. The topological polar surface area (TPSA) is 49.8 Å². The van der Waals surface area contributed by atoms with Gasteiger partial charge in [-0.25, -0.2) is 4.39 Å². The Hall–Kier alpha value is -1.11. The molecule has 0 aromatic heterocycles. The van der Waals surface area contributed by atoms with Gasteiger partial charge < -0.3 is 5.73 Å². The average Bonchev–Trinajstić information content (AvgIpc) is 2.05. The summed E-state index contributed by atoms with van der Waals surface area (Å²) in [7, 11) is 0. The highest BCUT2D eigenvalue weighted by Crippen LogP contribution is 2.13. The van der Waals surface area contributed by atoms with Gasteiger partial charge in [-0.15, -0.1) is 12.4 Å². The third kappa shape index (κ3) is 3.41. The Labute approximate surface area is 82.6 Å². The van der Waals surface area contributed by atoms with Crippen LogP contribution in [0.4, 0.5) is 4.39 Å². The molecule has 13 heavy (non-hydrogen) atoms. The van der Waals surface area contributed by atoms with Crippen LogP contribution in [-0.2, 0) is 0 Å². The second kappa shape index (κ2) is 5.52. The van der Waals surface area contributed by atoms with Crippen LogP contribution in [0.15, 0.2) is 24.3 Å². The van der Waals surface area contributed by atoms with Crippen LogP contribution < -0.4 is 5.73 Å². The molecule has 0 aliphatic heterocycles. The Morgan fingerprint density at radius 2 is 2.23 bits per heavy atom. The quantitative estimate of drug-likeness (QED) is 0.796. The third-order valence-corrected chi connectivity index (χ3v) is 1.59. The summed E-state index contributed by atoms with van der Waals surface area (Å²) in [4.78, 5) is 0. The van der Waals surface area contributed by atoms with E-state index >= 15 is 0 Å². The van der Waals surface area contributed by atoms with Crippen molar-refractivity contribution in [1.82, 2.24) is 0 Å². The number of benzene rings is 1. The Bertz CT molecular complexity index is 309. The highest BCUT2D eigenvalue weighted by molar-refractivity contribution is 5.85. The van der Waals surface area contributed by atoms with Gasteiger partial charge in [-0.05, 0) is 17.7 Å². The third-order valence-electron chi connectivity index (χ3n) is 1.59. The number of nitriles is 1. The molecular formula is C9H10ClFN2. The largest absolute Gasteiger partial charge is 0.323 e. The number of nitrogens with two attached hydrogens (primary N) is 1.